The van der Waals surface area contributed by atoms with Crippen LogP contribution in [0.4, 0.5) is 5.69 Å². The molecule has 0 amide bonds. The summed E-state index contributed by atoms with van der Waals surface area (Å²) < 4.78 is 10.7. The summed E-state index contributed by atoms with van der Waals surface area (Å²) in [6.45, 7) is 4.76. The summed E-state index contributed by atoms with van der Waals surface area (Å²) >= 11 is 0. The minimum atomic E-state index is -0.0653. The van der Waals surface area contributed by atoms with Gasteiger partial charge in [-0.15, -0.1) is 0 Å². The Kier molecular flexibility index (Phi) is 3.41. The van der Waals surface area contributed by atoms with Gasteiger partial charge in [0.1, 0.15) is 0 Å². The van der Waals surface area contributed by atoms with Crippen LogP contribution < -0.4 is 20.3 Å². The zero-order valence-corrected chi connectivity index (χ0v) is 13.6. The molecule has 1 aliphatic rings. The average Bonchev–Trinajstić information content (AvgIpc) is 3.05. The summed E-state index contributed by atoms with van der Waals surface area (Å²) in [6.07, 6.45) is 0. The van der Waals surface area contributed by atoms with E-state index >= 15 is 0 Å². The van der Waals surface area contributed by atoms with Gasteiger partial charge >= 0.3 is 0 Å². The van der Waals surface area contributed by atoms with Crippen molar-refractivity contribution in [1.82, 2.24) is 4.98 Å². The van der Waals surface area contributed by atoms with Gasteiger partial charge in [-0.1, -0.05) is 12.1 Å². The van der Waals surface area contributed by atoms with E-state index in [9.17, 15) is 4.79 Å². The number of rotatable bonds is 3. The van der Waals surface area contributed by atoms with E-state index in [4.69, 9.17) is 9.47 Å². The third-order valence-electron chi connectivity index (χ3n) is 4.48. The smallest absolute Gasteiger partial charge is 0.253 e. The first kappa shape index (κ1) is 14.6. The molecule has 0 fully saturated rings. The summed E-state index contributed by atoms with van der Waals surface area (Å²) in [5.74, 6) is 1.47. The highest BCUT2D eigenvalue weighted by molar-refractivity contribution is 5.83. The summed E-state index contributed by atoms with van der Waals surface area (Å²) in [7, 11) is 0. The second-order valence-electron chi connectivity index (χ2n) is 6.02. The van der Waals surface area contributed by atoms with Crippen LogP contribution in [0, 0.1) is 13.8 Å². The largest absolute Gasteiger partial charge is 0.454 e. The number of aromatic amines is 1. The van der Waals surface area contributed by atoms with Crippen LogP contribution in [0.15, 0.2) is 41.2 Å². The van der Waals surface area contributed by atoms with Gasteiger partial charge in [-0.25, -0.2) is 0 Å². The number of fused-ring (bicyclic) bond motifs is 2. The normalized spacial score (nSPS) is 12.6. The van der Waals surface area contributed by atoms with Gasteiger partial charge in [0.2, 0.25) is 6.79 Å². The number of hydrogen-bond donors (Lipinski definition) is 2. The summed E-state index contributed by atoms with van der Waals surface area (Å²) in [5, 5.41) is 4.31. The highest BCUT2D eigenvalue weighted by Gasteiger charge is 2.13. The van der Waals surface area contributed by atoms with E-state index in [0.717, 1.165) is 33.7 Å². The number of aryl methyl sites for hydroxylation is 2. The highest BCUT2D eigenvalue weighted by Crippen LogP contribution is 2.34. The van der Waals surface area contributed by atoms with Crippen molar-refractivity contribution in [3.8, 4) is 11.5 Å². The zero-order chi connectivity index (χ0) is 16.7. The van der Waals surface area contributed by atoms with E-state index in [0.29, 0.717) is 12.1 Å². The Labute approximate surface area is 139 Å². The zero-order valence-electron chi connectivity index (χ0n) is 13.6. The van der Waals surface area contributed by atoms with Crippen molar-refractivity contribution in [2.75, 3.05) is 12.1 Å². The minimum Gasteiger partial charge on any atom is -0.454 e. The Morgan fingerprint density at radius 2 is 1.92 bits per heavy atom. The van der Waals surface area contributed by atoms with E-state index in [1.54, 1.807) is 0 Å². The van der Waals surface area contributed by atoms with Crippen LogP contribution in [0.2, 0.25) is 0 Å². The highest BCUT2D eigenvalue weighted by atomic mass is 16.7. The van der Waals surface area contributed by atoms with Gasteiger partial charge in [0.25, 0.3) is 5.56 Å². The number of benzene rings is 2. The Balaban J connectivity index is 1.62. The number of pyridine rings is 1. The molecule has 0 saturated heterocycles. The maximum absolute atomic E-state index is 12.4. The van der Waals surface area contributed by atoms with Gasteiger partial charge in [-0.3, -0.25) is 4.79 Å². The monoisotopic (exact) mass is 322 g/mol. The molecule has 0 bridgehead atoms. The second kappa shape index (κ2) is 5.60. The molecule has 4 rings (SSSR count). The number of H-pyrrole nitrogens is 1. The first-order valence-corrected chi connectivity index (χ1v) is 7.87. The lowest BCUT2D eigenvalue weighted by atomic mass is 10.0. The molecule has 0 saturated carbocycles. The van der Waals surface area contributed by atoms with E-state index < -0.39 is 0 Å². The Bertz CT molecular complexity index is 992. The second-order valence-corrected chi connectivity index (χ2v) is 6.02. The van der Waals surface area contributed by atoms with Gasteiger partial charge in [0.05, 0.1) is 5.52 Å². The van der Waals surface area contributed by atoms with Crippen molar-refractivity contribution in [1.29, 1.82) is 0 Å². The fourth-order valence-electron chi connectivity index (χ4n) is 2.91. The van der Waals surface area contributed by atoms with Crippen molar-refractivity contribution < 1.29 is 9.47 Å². The van der Waals surface area contributed by atoms with Crippen LogP contribution >= 0.6 is 0 Å². The van der Waals surface area contributed by atoms with Gasteiger partial charge in [0, 0.05) is 23.9 Å². The van der Waals surface area contributed by atoms with Gasteiger partial charge in [0.15, 0.2) is 11.5 Å². The molecule has 5 heteroatoms. The molecule has 0 spiro atoms. The van der Waals surface area contributed by atoms with E-state index in [1.165, 1.54) is 5.56 Å². The lowest BCUT2D eigenvalue weighted by molar-refractivity contribution is 0.174. The van der Waals surface area contributed by atoms with Crippen molar-refractivity contribution in [3.63, 3.8) is 0 Å². The Hall–Kier alpha value is -2.95. The Morgan fingerprint density at radius 3 is 2.79 bits per heavy atom. The van der Waals surface area contributed by atoms with E-state index in [-0.39, 0.29) is 12.4 Å². The lowest BCUT2D eigenvalue weighted by Gasteiger charge is -2.10. The van der Waals surface area contributed by atoms with Gasteiger partial charge < -0.3 is 19.8 Å². The quantitative estimate of drug-likeness (QED) is 0.775. The first-order chi connectivity index (χ1) is 11.6. The molecule has 3 aromatic rings. The van der Waals surface area contributed by atoms with Crippen LogP contribution in [0.3, 0.4) is 0 Å². The SMILES string of the molecule is Cc1ccc2cc(CNc3ccc4c(c3)OCO4)c(=O)[nH]c2c1C. The molecule has 122 valence electrons. The third kappa shape index (κ3) is 2.48. The molecule has 0 unspecified atom stereocenters. The number of ether oxygens (including phenoxy) is 2. The molecule has 24 heavy (non-hydrogen) atoms. The maximum Gasteiger partial charge on any atom is 0.253 e. The molecule has 1 aromatic heterocycles. The molecule has 0 atom stereocenters. The van der Waals surface area contributed by atoms with Crippen LogP contribution in [-0.4, -0.2) is 11.8 Å². The number of aromatic nitrogens is 1. The minimum absolute atomic E-state index is 0.0653. The molecule has 2 heterocycles. The van der Waals surface area contributed by atoms with Gasteiger partial charge in [-0.2, -0.15) is 0 Å². The van der Waals surface area contributed by atoms with Crippen LogP contribution in [0.5, 0.6) is 11.5 Å². The van der Waals surface area contributed by atoms with Crippen molar-refractivity contribution in [2.24, 2.45) is 0 Å². The number of hydrogen-bond acceptors (Lipinski definition) is 4. The average molecular weight is 322 g/mol. The standard InChI is InChI=1S/C19H18N2O3/c1-11-3-4-13-7-14(19(22)21-18(13)12(11)2)9-20-15-5-6-16-17(8-15)24-10-23-16/h3-8,20H,9-10H2,1-2H3,(H,21,22). The fourth-order valence-corrected chi connectivity index (χ4v) is 2.91. The molecular formula is C19H18N2O3. The predicted octanol–water partition coefficient (Wildman–Crippen LogP) is 3.49. The summed E-state index contributed by atoms with van der Waals surface area (Å²) in [4.78, 5) is 15.4. The molecule has 5 nitrogen and oxygen atoms in total. The van der Waals surface area contributed by atoms with Crippen LogP contribution in [0.1, 0.15) is 16.7 Å². The summed E-state index contributed by atoms with van der Waals surface area (Å²) in [5.41, 5.74) is 4.71. The molecule has 0 aliphatic carbocycles. The third-order valence-corrected chi connectivity index (χ3v) is 4.48. The van der Waals surface area contributed by atoms with Crippen molar-refractivity contribution >= 4 is 16.6 Å². The first-order valence-electron chi connectivity index (χ1n) is 7.87. The molecule has 2 N–H and O–H groups in total. The fraction of sp³-hybridized carbons (Fsp3) is 0.211. The predicted molar refractivity (Wildman–Crippen MR) is 93.9 cm³/mol. The maximum atomic E-state index is 12.4. The van der Waals surface area contributed by atoms with Crippen LogP contribution in [0.25, 0.3) is 10.9 Å². The lowest BCUT2D eigenvalue weighted by Crippen LogP contribution is -2.16. The topological polar surface area (TPSA) is 63.4 Å². The Morgan fingerprint density at radius 1 is 1.08 bits per heavy atom. The summed E-state index contributed by atoms with van der Waals surface area (Å²) in [6, 6.07) is 11.7. The van der Waals surface area contributed by atoms with Crippen molar-refractivity contribution in [3.05, 3.63) is 63.4 Å². The molecular weight excluding hydrogens is 304 g/mol. The van der Waals surface area contributed by atoms with E-state index in [1.807, 2.05) is 44.2 Å². The van der Waals surface area contributed by atoms with E-state index in [2.05, 4.69) is 16.4 Å². The number of anilines is 1. The molecule has 2 aromatic carbocycles. The van der Waals surface area contributed by atoms with Crippen LogP contribution in [-0.2, 0) is 6.54 Å². The number of nitrogens with one attached hydrogen (secondary N) is 2. The van der Waals surface area contributed by atoms with Crippen molar-refractivity contribution in [2.45, 2.75) is 20.4 Å². The molecule has 1 aliphatic heterocycles. The van der Waals surface area contributed by atoms with Gasteiger partial charge in [-0.05, 0) is 48.6 Å². The molecule has 0 radical (unpaired) electrons.